The Morgan fingerprint density at radius 2 is 2.05 bits per heavy atom. The number of anilines is 1. The fourth-order valence-corrected chi connectivity index (χ4v) is 1.66. The molecule has 1 aromatic heterocycles. The smallest absolute Gasteiger partial charge is 0.364 e. The summed E-state index contributed by atoms with van der Waals surface area (Å²) >= 11 is 0. The number of hydrogen-bond donors (Lipinski definition) is 2. The van der Waals surface area contributed by atoms with Gasteiger partial charge in [0.1, 0.15) is 0 Å². The lowest BCUT2D eigenvalue weighted by Crippen LogP contribution is -2.17. The highest BCUT2D eigenvalue weighted by atomic mass is 16.6. The van der Waals surface area contributed by atoms with Gasteiger partial charge in [0.2, 0.25) is 5.82 Å². The zero-order chi connectivity index (χ0) is 13.7. The quantitative estimate of drug-likeness (QED) is 0.624. The number of nitro groups is 1. The van der Waals surface area contributed by atoms with E-state index in [0.717, 1.165) is 11.9 Å². The first kappa shape index (κ1) is 12.7. The molecule has 0 atom stereocenters. The van der Waals surface area contributed by atoms with Crippen LogP contribution in [0.3, 0.4) is 0 Å². The van der Waals surface area contributed by atoms with E-state index in [0.29, 0.717) is 13.0 Å². The highest BCUT2D eigenvalue weighted by molar-refractivity contribution is 5.53. The van der Waals surface area contributed by atoms with Gasteiger partial charge >= 0.3 is 11.2 Å². The normalized spacial score (nSPS) is 10.1. The first-order chi connectivity index (χ1) is 9.18. The summed E-state index contributed by atoms with van der Waals surface area (Å²) in [7, 11) is 0. The van der Waals surface area contributed by atoms with Crippen LogP contribution >= 0.6 is 0 Å². The van der Waals surface area contributed by atoms with E-state index in [1.165, 1.54) is 0 Å². The minimum atomic E-state index is -0.762. The Morgan fingerprint density at radius 3 is 2.74 bits per heavy atom. The van der Waals surface area contributed by atoms with Crippen molar-refractivity contribution in [2.24, 2.45) is 0 Å². The molecule has 2 N–H and O–H groups in total. The van der Waals surface area contributed by atoms with Gasteiger partial charge in [0.05, 0.1) is 11.3 Å². The highest BCUT2D eigenvalue weighted by Crippen LogP contribution is 2.14. The van der Waals surface area contributed by atoms with E-state index >= 15 is 0 Å². The van der Waals surface area contributed by atoms with E-state index in [9.17, 15) is 14.9 Å². The molecule has 1 aromatic carbocycles. The summed E-state index contributed by atoms with van der Waals surface area (Å²) in [5.74, 6) is -0.00955. The summed E-state index contributed by atoms with van der Waals surface area (Å²) < 4.78 is 0. The molecule has 0 bridgehead atoms. The van der Waals surface area contributed by atoms with E-state index in [1.54, 1.807) is 0 Å². The molecule has 0 unspecified atom stereocenters. The Bertz CT molecular complexity index is 624. The second-order valence-electron chi connectivity index (χ2n) is 3.85. The third-order valence-electron chi connectivity index (χ3n) is 2.56. The van der Waals surface area contributed by atoms with Gasteiger partial charge in [0, 0.05) is 6.54 Å². The molecule has 2 aromatic rings. The number of aromatic nitrogens is 2. The molecule has 0 saturated carbocycles. The third kappa shape index (κ3) is 3.15. The van der Waals surface area contributed by atoms with Crippen molar-refractivity contribution in [3.63, 3.8) is 0 Å². The molecule has 0 spiro atoms. The molecule has 1 heterocycles. The fourth-order valence-electron chi connectivity index (χ4n) is 1.66. The standard InChI is InChI=1S/C12H12N4O3/c17-12-10(16(18)19)11(14-8-15-12)13-7-6-9-4-2-1-3-5-9/h1-5,8H,6-7H2,(H2,13,14,15,17). The van der Waals surface area contributed by atoms with Crippen LogP contribution in [0.2, 0.25) is 0 Å². The Labute approximate surface area is 108 Å². The maximum absolute atomic E-state index is 11.3. The van der Waals surface area contributed by atoms with E-state index in [4.69, 9.17) is 0 Å². The number of H-pyrrole nitrogens is 1. The van der Waals surface area contributed by atoms with Crippen LogP contribution in [0.1, 0.15) is 5.56 Å². The van der Waals surface area contributed by atoms with Crippen molar-refractivity contribution in [3.05, 3.63) is 62.7 Å². The molecule has 0 saturated heterocycles. The maximum Gasteiger partial charge on any atom is 0.375 e. The van der Waals surface area contributed by atoms with Crippen LogP contribution in [0.4, 0.5) is 11.5 Å². The lowest BCUT2D eigenvalue weighted by Gasteiger charge is -2.05. The molecule has 0 radical (unpaired) electrons. The Hall–Kier alpha value is -2.70. The van der Waals surface area contributed by atoms with Crippen molar-refractivity contribution < 1.29 is 4.92 Å². The van der Waals surface area contributed by atoms with Crippen LogP contribution in [-0.4, -0.2) is 21.4 Å². The van der Waals surface area contributed by atoms with Gasteiger partial charge in [-0.3, -0.25) is 14.9 Å². The molecule has 2 rings (SSSR count). The van der Waals surface area contributed by atoms with Gasteiger partial charge in [-0.1, -0.05) is 30.3 Å². The third-order valence-corrected chi connectivity index (χ3v) is 2.56. The Kier molecular flexibility index (Phi) is 3.87. The maximum atomic E-state index is 11.3. The average molecular weight is 260 g/mol. The second kappa shape index (κ2) is 5.76. The monoisotopic (exact) mass is 260 g/mol. The second-order valence-corrected chi connectivity index (χ2v) is 3.85. The lowest BCUT2D eigenvalue weighted by molar-refractivity contribution is -0.385. The number of nitrogens with one attached hydrogen (secondary N) is 2. The molecule has 0 aliphatic carbocycles. The molecule has 0 fully saturated rings. The topological polar surface area (TPSA) is 101 Å². The van der Waals surface area contributed by atoms with E-state index in [2.05, 4.69) is 15.3 Å². The summed E-state index contributed by atoms with van der Waals surface area (Å²) in [5.41, 5.74) is -0.222. The number of rotatable bonds is 5. The number of nitrogens with zero attached hydrogens (tertiary/aromatic N) is 2. The first-order valence-electron chi connectivity index (χ1n) is 5.68. The summed E-state index contributed by atoms with van der Waals surface area (Å²) in [6.45, 7) is 0.460. The minimum Gasteiger partial charge on any atom is -0.364 e. The van der Waals surface area contributed by atoms with Gasteiger partial charge in [-0.15, -0.1) is 0 Å². The predicted molar refractivity (Wildman–Crippen MR) is 70.1 cm³/mol. The summed E-state index contributed by atoms with van der Waals surface area (Å²) in [6, 6.07) is 9.68. The van der Waals surface area contributed by atoms with Gasteiger partial charge in [-0.2, -0.15) is 0 Å². The molecular weight excluding hydrogens is 248 g/mol. The van der Waals surface area contributed by atoms with Crippen molar-refractivity contribution in [1.82, 2.24) is 9.97 Å². The van der Waals surface area contributed by atoms with Crippen LogP contribution in [0.15, 0.2) is 41.5 Å². The molecule has 0 aliphatic heterocycles. The van der Waals surface area contributed by atoms with Crippen LogP contribution in [0.25, 0.3) is 0 Å². The van der Waals surface area contributed by atoms with Crippen molar-refractivity contribution in [3.8, 4) is 0 Å². The van der Waals surface area contributed by atoms with E-state index in [-0.39, 0.29) is 5.82 Å². The summed E-state index contributed by atoms with van der Waals surface area (Å²) in [4.78, 5) is 27.3. The van der Waals surface area contributed by atoms with Crippen molar-refractivity contribution in [2.45, 2.75) is 6.42 Å². The van der Waals surface area contributed by atoms with Gasteiger partial charge < -0.3 is 10.3 Å². The summed E-state index contributed by atoms with van der Waals surface area (Å²) in [5, 5.41) is 13.6. The first-order valence-corrected chi connectivity index (χ1v) is 5.68. The SMILES string of the molecule is O=c1[nH]cnc(NCCc2ccccc2)c1[N+](=O)[O-]. The fraction of sp³-hybridized carbons (Fsp3) is 0.167. The lowest BCUT2D eigenvalue weighted by atomic mass is 10.1. The molecular formula is C12H12N4O3. The van der Waals surface area contributed by atoms with Crippen molar-refractivity contribution in [2.75, 3.05) is 11.9 Å². The van der Waals surface area contributed by atoms with E-state index < -0.39 is 16.2 Å². The zero-order valence-corrected chi connectivity index (χ0v) is 10.00. The average Bonchev–Trinajstić information content (AvgIpc) is 2.39. The van der Waals surface area contributed by atoms with Crippen LogP contribution in [0, 0.1) is 10.1 Å². The molecule has 7 heteroatoms. The molecule has 7 nitrogen and oxygen atoms in total. The molecule has 0 aliphatic rings. The molecule has 0 amide bonds. The van der Waals surface area contributed by atoms with Crippen LogP contribution in [-0.2, 0) is 6.42 Å². The van der Waals surface area contributed by atoms with Gasteiger partial charge in [-0.25, -0.2) is 4.98 Å². The number of aromatic amines is 1. The number of hydrogen-bond acceptors (Lipinski definition) is 5. The minimum absolute atomic E-state index is 0.00955. The molecule has 19 heavy (non-hydrogen) atoms. The van der Waals surface area contributed by atoms with E-state index in [1.807, 2.05) is 30.3 Å². The Balaban J connectivity index is 2.06. The Morgan fingerprint density at radius 1 is 1.32 bits per heavy atom. The van der Waals surface area contributed by atoms with Gasteiger partial charge in [0.15, 0.2) is 0 Å². The van der Waals surface area contributed by atoms with Gasteiger partial charge in [-0.05, 0) is 12.0 Å². The van der Waals surface area contributed by atoms with Gasteiger partial charge in [0.25, 0.3) is 0 Å². The summed E-state index contributed by atoms with van der Waals surface area (Å²) in [6.07, 6.45) is 1.83. The van der Waals surface area contributed by atoms with Crippen molar-refractivity contribution in [1.29, 1.82) is 0 Å². The number of benzene rings is 1. The molecule has 98 valence electrons. The predicted octanol–water partition coefficient (Wildman–Crippen LogP) is 1.33. The van der Waals surface area contributed by atoms with Crippen molar-refractivity contribution >= 4 is 11.5 Å². The zero-order valence-electron chi connectivity index (χ0n) is 10.00. The van der Waals surface area contributed by atoms with Crippen LogP contribution < -0.4 is 10.9 Å². The highest BCUT2D eigenvalue weighted by Gasteiger charge is 2.19. The van der Waals surface area contributed by atoms with Crippen LogP contribution in [0.5, 0.6) is 0 Å². The largest absolute Gasteiger partial charge is 0.375 e.